The van der Waals surface area contributed by atoms with Gasteiger partial charge in [0, 0.05) is 6.61 Å². The van der Waals surface area contributed by atoms with Gasteiger partial charge >= 0.3 is 0 Å². The maximum atomic E-state index is 9.99. The first-order valence-corrected chi connectivity index (χ1v) is 3.30. The summed E-state index contributed by atoms with van der Waals surface area (Å²) in [7, 11) is 0. The molecule has 0 bridgehead atoms. The summed E-state index contributed by atoms with van der Waals surface area (Å²) in [6.07, 6.45) is 0.450. The first-order valence-electron chi connectivity index (χ1n) is 2.54. The molecule has 0 aliphatic carbocycles. The lowest BCUT2D eigenvalue weighted by Gasteiger charge is -2.09. The number of aldehydes is 1. The zero-order valence-corrected chi connectivity index (χ0v) is 6.58. The van der Waals surface area contributed by atoms with E-state index in [1.165, 1.54) is 0 Å². The lowest BCUT2D eigenvalue weighted by Crippen LogP contribution is -2.22. The first kappa shape index (κ1) is 9.21. The van der Waals surface area contributed by atoms with Crippen LogP contribution >= 0.6 is 23.2 Å². The fourth-order valence-corrected chi connectivity index (χ4v) is 0.426. The Morgan fingerprint density at radius 3 is 2.56 bits per heavy atom. The minimum Gasteiger partial charge on any atom is -0.378 e. The third-order valence-corrected chi connectivity index (χ3v) is 1.07. The van der Waals surface area contributed by atoms with Gasteiger partial charge in [-0.3, -0.25) is 4.79 Å². The Labute approximate surface area is 64.1 Å². The molecule has 0 aromatic heterocycles. The van der Waals surface area contributed by atoms with E-state index in [-0.39, 0.29) is 6.61 Å². The summed E-state index contributed by atoms with van der Waals surface area (Å²) in [5, 5.41) is 0. The summed E-state index contributed by atoms with van der Waals surface area (Å²) in [5.74, 6) is 0. The van der Waals surface area contributed by atoms with Crippen molar-refractivity contribution in [2.75, 3.05) is 13.2 Å². The standard InChI is InChI=1S/C5H8Cl2O2/c1-2-9-4-5(6,7)3-8/h3H,2,4H2,1H3. The van der Waals surface area contributed by atoms with Crippen LogP contribution in [0.4, 0.5) is 0 Å². The molecule has 0 atom stereocenters. The summed E-state index contributed by atoms with van der Waals surface area (Å²) < 4.78 is 3.43. The molecular formula is C5H8Cl2O2. The van der Waals surface area contributed by atoms with E-state index in [0.717, 1.165) is 0 Å². The molecule has 0 saturated carbocycles. The van der Waals surface area contributed by atoms with Gasteiger partial charge < -0.3 is 4.74 Å². The summed E-state index contributed by atoms with van der Waals surface area (Å²) >= 11 is 10.7. The average Bonchev–Trinajstić information content (AvgIpc) is 1.84. The van der Waals surface area contributed by atoms with Crippen molar-refractivity contribution in [3.63, 3.8) is 0 Å². The highest BCUT2D eigenvalue weighted by Crippen LogP contribution is 2.17. The molecule has 0 amide bonds. The van der Waals surface area contributed by atoms with Crippen molar-refractivity contribution in [2.24, 2.45) is 0 Å². The van der Waals surface area contributed by atoms with E-state index in [4.69, 9.17) is 27.9 Å². The summed E-state index contributed by atoms with van der Waals surface area (Å²) in [4.78, 5) is 9.99. The third kappa shape index (κ3) is 4.70. The van der Waals surface area contributed by atoms with Crippen LogP contribution in [0.1, 0.15) is 6.92 Å². The molecule has 0 unspecified atom stereocenters. The van der Waals surface area contributed by atoms with Crippen molar-refractivity contribution in [2.45, 2.75) is 11.3 Å². The van der Waals surface area contributed by atoms with Crippen LogP contribution in [0.15, 0.2) is 0 Å². The van der Waals surface area contributed by atoms with Crippen molar-refractivity contribution < 1.29 is 9.53 Å². The highest BCUT2D eigenvalue weighted by molar-refractivity contribution is 6.55. The number of alkyl halides is 2. The van der Waals surface area contributed by atoms with Crippen LogP contribution < -0.4 is 0 Å². The molecular weight excluding hydrogens is 163 g/mol. The molecule has 0 aliphatic heterocycles. The average molecular weight is 171 g/mol. The number of halogens is 2. The van der Waals surface area contributed by atoms with Crippen molar-refractivity contribution in [1.82, 2.24) is 0 Å². The van der Waals surface area contributed by atoms with Crippen LogP contribution in [0.25, 0.3) is 0 Å². The van der Waals surface area contributed by atoms with Crippen LogP contribution in [0, 0.1) is 0 Å². The van der Waals surface area contributed by atoms with E-state index in [2.05, 4.69) is 0 Å². The minimum atomic E-state index is -1.37. The Hall–Kier alpha value is 0.210. The van der Waals surface area contributed by atoms with Gasteiger partial charge in [-0.2, -0.15) is 0 Å². The van der Waals surface area contributed by atoms with Crippen LogP contribution in [-0.2, 0) is 9.53 Å². The van der Waals surface area contributed by atoms with E-state index in [1.54, 1.807) is 6.92 Å². The predicted molar refractivity (Wildman–Crippen MR) is 37.0 cm³/mol. The number of hydrogen-bond acceptors (Lipinski definition) is 2. The van der Waals surface area contributed by atoms with E-state index < -0.39 is 4.33 Å². The molecule has 0 aliphatic rings. The fourth-order valence-electron chi connectivity index (χ4n) is 0.272. The molecule has 9 heavy (non-hydrogen) atoms. The maximum absolute atomic E-state index is 9.99. The zero-order valence-electron chi connectivity index (χ0n) is 5.06. The molecule has 0 rings (SSSR count). The molecule has 0 spiro atoms. The molecule has 0 radical (unpaired) electrons. The Bertz CT molecular complexity index is 93.0. The summed E-state index contributed by atoms with van der Waals surface area (Å²) in [5.41, 5.74) is 0. The summed E-state index contributed by atoms with van der Waals surface area (Å²) in [6.45, 7) is 2.36. The maximum Gasteiger partial charge on any atom is 0.195 e. The van der Waals surface area contributed by atoms with E-state index >= 15 is 0 Å². The van der Waals surface area contributed by atoms with Gasteiger partial charge in [-0.15, -0.1) is 0 Å². The van der Waals surface area contributed by atoms with E-state index in [1.807, 2.05) is 0 Å². The number of ether oxygens (including phenoxy) is 1. The lowest BCUT2D eigenvalue weighted by molar-refractivity contribution is -0.109. The lowest BCUT2D eigenvalue weighted by atomic mass is 10.5. The topological polar surface area (TPSA) is 26.3 Å². The number of hydrogen-bond donors (Lipinski definition) is 0. The van der Waals surface area contributed by atoms with Gasteiger partial charge in [-0.25, -0.2) is 0 Å². The van der Waals surface area contributed by atoms with Crippen molar-refractivity contribution in [3.05, 3.63) is 0 Å². The second kappa shape index (κ2) is 4.09. The van der Waals surface area contributed by atoms with Crippen LogP contribution in [0.5, 0.6) is 0 Å². The Morgan fingerprint density at radius 2 is 2.22 bits per heavy atom. The summed E-state index contributed by atoms with van der Waals surface area (Å²) in [6, 6.07) is 0. The van der Waals surface area contributed by atoms with Crippen LogP contribution in [0.2, 0.25) is 0 Å². The van der Waals surface area contributed by atoms with Gasteiger partial charge in [0.2, 0.25) is 0 Å². The number of carbonyl (C=O) groups is 1. The number of carbonyl (C=O) groups excluding carboxylic acids is 1. The molecule has 0 aromatic carbocycles. The van der Waals surface area contributed by atoms with Crippen LogP contribution in [0.3, 0.4) is 0 Å². The molecule has 0 N–H and O–H groups in total. The first-order chi connectivity index (χ1) is 4.12. The molecule has 2 nitrogen and oxygen atoms in total. The quantitative estimate of drug-likeness (QED) is 0.472. The number of rotatable bonds is 4. The fraction of sp³-hybridized carbons (Fsp3) is 0.800. The molecule has 4 heteroatoms. The Morgan fingerprint density at radius 1 is 1.67 bits per heavy atom. The Balaban J connectivity index is 3.45. The van der Waals surface area contributed by atoms with Gasteiger partial charge in [-0.1, -0.05) is 23.2 Å². The minimum absolute atomic E-state index is 0.0517. The molecule has 0 saturated heterocycles. The largest absolute Gasteiger partial charge is 0.378 e. The van der Waals surface area contributed by atoms with Gasteiger partial charge in [0.15, 0.2) is 10.6 Å². The van der Waals surface area contributed by atoms with Crippen molar-refractivity contribution in [3.8, 4) is 0 Å². The van der Waals surface area contributed by atoms with Gasteiger partial charge in [0.05, 0.1) is 6.61 Å². The van der Waals surface area contributed by atoms with E-state index in [9.17, 15) is 4.79 Å². The molecule has 0 fully saturated rings. The van der Waals surface area contributed by atoms with Crippen molar-refractivity contribution >= 4 is 29.5 Å². The second-order valence-electron chi connectivity index (χ2n) is 1.52. The monoisotopic (exact) mass is 170 g/mol. The van der Waals surface area contributed by atoms with Gasteiger partial charge in [-0.05, 0) is 6.92 Å². The molecule has 0 heterocycles. The zero-order chi connectivity index (χ0) is 7.33. The van der Waals surface area contributed by atoms with Gasteiger partial charge in [0.25, 0.3) is 0 Å². The normalized spacial score (nSPS) is 11.4. The third-order valence-electron chi connectivity index (χ3n) is 0.671. The Kier molecular flexibility index (Phi) is 4.19. The van der Waals surface area contributed by atoms with Gasteiger partial charge in [0.1, 0.15) is 0 Å². The molecule has 54 valence electrons. The smallest absolute Gasteiger partial charge is 0.195 e. The SMILES string of the molecule is CCOCC(Cl)(Cl)C=O. The highest BCUT2D eigenvalue weighted by Gasteiger charge is 2.22. The van der Waals surface area contributed by atoms with E-state index in [0.29, 0.717) is 12.9 Å². The molecule has 0 aromatic rings. The van der Waals surface area contributed by atoms with Crippen molar-refractivity contribution in [1.29, 1.82) is 0 Å². The highest BCUT2D eigenvalue weighted by atomic mass is 35.5. The second-order valence-corrected chi connectivity index (χ2v) is 3.06. The van der Waals surface area contributed by atoms with Crippen LogP contribution in [-0.4, -0.2) is 23.8 Å². The predicted octanol–water partition coefficient (Wildman–Crippen LogP) is 1.40.